The van der Waals surface area contributed by atoms with Gasteiger partial charge >= 0.3 is 0 Å². The number of benzene rings is 2. The molecule has 20 heavy (non-hydrogen) atoms. The zero-order valence-corrected chi connectivity index (χ0v) is 11.9. The van der Waals surface area contributed by atoms with E-state index in [-0.39, 0.29) is 5.57 Å². The number of carbonyl (C=O) groups excluding carboxylic acids is 2. The first-order chi connectivity index (χ1) is 9.49. The van der Waals surface area contributed by atoms with Crippen molar-refractivity contribution in [3.63, 3.8) is 0 Å². The fourth-order valence-electron chi connectivity index (χ4n) is 1.65. The molecule has 0 heterocycles. The first kappa shape index (κ1) is 14.5. The van der Waals surface area contributed by atoms with Crippen molar-refractivity contribution in [3.05, 3.63) is 81.9 Å². The van der Waals surface area contributed by atoms with E-state index >= 15 is 0 Å². The van der Waals surface area contributed by atoms with Crippen molar-refractivity contribution < 1.29 is 9.59 Å². The first-order valence-corrected chi connectivity index (χ1v) is 6.54. The Morgan fingerprint density at radius 3 is 1.30 bits per heavy atom. The Balaban J connectivity index is 2.22. The van der Waals surface area contributed by atoms with Crippen LogP contribution in [0.5, 0.6) is 0 Å². The largest absolute Gasteiger partial charge is 0.288 e. The Labute approximate surface area is 126 Å². The summed E-state index contributed by atoms with van der Waals surface area (Å²) in [6.45, 7) is 3.59. The number of Topliss-reactive ketones (excluding diaryl/α,β-unsaturated/α-hetero) is 2. The SMILES string of the molecule is C=C(C(=O)c1ccc(Cl)cc1)C(=O)c1ccc(Cl)cc1. The summed E-state index contributed by atoms with van der Waals surface area (Å²) in [5, 5.41) is 1.05. The lowest BCUT2D eigenvalue weighted by molar-refractivity contribution is 0.0963. The second-order valence-corrected chi connectivity index (χ2v) is 5.02. The zero-order chi connectivity index (χ0) is 14.7. The number of hydrogen-bond acceptors (Lipinski definition) is 2. The van der Waals surface area contributed by atoms with E-state index in [0.717, 1.165) is 0 Å². The molecule has 2 nitrogen and oxygen atoms in total. The standard InChI is InChI=1S/C16H10Cl2O2/c1-10(15(19)11-2-6-13(17)7-3-11)16(20)12-4-8-14(18)9-5-12/h2-9H,1H2. The second kappa shape index (κ2) is 6.04. The minimum absolute atomic E-state index is 0.0883. The average Bonchev–Trinajstić information content (AvgIpc) is 2.46. The van der Waals surface area contributed by atoms with Gasteiger partial charge in [-0.2, -0.15) is 0 Å². The molecule has 0 aliphatic rings. The highest BCUT2D eigenvalue weighted by molar-refractivity contribution is 6.33. The van der Waals surface area contributed by atoms with Crippen molar-refractivity contribution in [1.29, 1.82) is 0 Å². The highest BCUT2D eigenvalue weighted by Crippen LogP contribution is 2.17. The van der Waals surface area contributed by atoms with E-state index in [1.54, 1.807) is 48.5 Å². The molecule has 0 amide bonds. The molecule has 0 aliphatic heterocycles. The molecule has 100 valence electrons. The summed E-state index contributed by atoms with van der Waals surface area (Å²) in [6, 6.07) is 12.6. The normalized spacial score (nSPS) is 10.1. The fourth-order valence-corrected chi connectivity index (χ4v) is 1.91. The van der Waals surface area contributed by atoms with Crippen molar-refractivity contribution in [1.82, 2.24) is 0 Å². The van der Waals surface area contributed by atoms with Gasteiger partial charge in [-0.25, -0.2) is 0 Å². The molecule has 0 unspecified atom stereocenters. The summed E-state index contributed by atoms with van der Waals surface area (Å²) < 4.78 is 0. The number of allylic oxidation sites excluding steroid dienone is 1. The van der Waals surface area contributed by atoms with Gasteiger partial charge in [0.2, 0.25) is 0 Å². The molecule has 2 rings (SSSR count). The second-order valence-electron chi connectivity index (χ2n) is 4.15. The van der Waals surface area contributed by atoms with Crippen molar-refractivity contribution in [2.45, 2.75) is 0 Å². The first-order valence-electron chi connectivity index (χ1n) is 5.78. The van der Waals surface area contributed by atoms with E-state index < -0.39 is 11.6 Å². The van der Waals surface area contributed by atoms with Gasteiger partial charge in [-0.1, -0.05) is 29.8 Å². The Kier molecular flexibility index (Phi) is 4.38. The maximum atomic E-state index is 12.1. The monoisotopic (exact) mass is 304 g/mol. The molecule has 0 atom stereocenters. The summed E-state index contributed by atoms with van der Waals surface area (Å²) >= 11 is 11.5. The van der Waals surface area contributed by atoms with Crippen LogP contribution in [-0.4, -0.2) is 11.6 Å². The molecule has 0 N–H and O–H groups in total. The number of hydrogen-bond donors (Lipinski definition) is 0. The van der Waals surface area contributed by atoms with Crippen LogP contribution in [0.1, 0.15) is 20.7 Å². The maximum absolute atomic E-state index is 12.1. The van der Waals surface area contributed by atoms with Crippen LogP contribution in [0.25, 0.3) is 0 Å². The van der Waals surface area contributed by atoms with Gasteiger partial charge in [-0.15, -0.1) is 0 Å². The molecule has 0 fully saturated rings. The van der Waals surface area contributed by atoms with Crippen LogP contribution < -0.4 is 0 Å². The summed E-state index contributed by atoms with van der Waals surface area (Å²) in [6.07, 6.45) is 0. The Morgan fingerprint density at radius 1 is 0.700 bits per heavy atom. The van der Waals surface area contributed by atoms with Gasteiger partial charge < -0.3 is 0 Å². The van der Waals surface area contributed by atoms with Crippen molar-refractivity contribution >= 4 is 34.8 Å². The Bertz CT molecular complexity index is 611. The van der Waals surface area contributed by atoms with Crippen LogP contribution in [0.3, 0.4) is 0 Å². The van der Waals surface area contributed by atoms with Crippen LogP contribution in [0.2, 0.25) is 10.0 Å². The number of rotatable bonds is 4. The molecule has 0 radical (unpaired) electrons. The van der Waals surface area contributed by atoms with Gasteiger partial charge in [0.25, 0.3) is 0 Å². The summed E-state index contributed by atoms with van der Waals surface area (Å²) in [5.74, 6) is -0.830. The van der Waals surface area contributed by atoms with Crippen LogP contribution >= 0.6 is 23.2 Å². The lowest BCUT2D eigenvalue weighted by Gasteiger charge is -2.05. The predicted octanol–water partition coefficient (Wildman–Crippen LogP) is 4.62. The topological polar surface area (TPSA) is 34.1 Å². The lowest BCUT2D eigenvalue weighted by atomic mass is 9.97. The Hall–Kier alpha value is -1.90. The van der Waals surface area contributed by atoms with Crippen LogP contribution in [0.15, 0.2) is 60.7 Å². The third kappa shape index (κ3) is 3.16. The predicted molar refractivity (Wildman–Crippen MR) is 80.7 cm³/mol. The van der Waals surface area contributed by atoms with Crippen molar-refractivity contribution in [2.75, 3.05) is 0 Å². The minimum atomic E-state index is -0.415. The summed E-state index contributed by atoms with van der Waals surface area (Å²) in [5.41, 5.74) is 0.665. The lowest BCUT2D eigenvalue weighted by Crippen LogP contribution is -2.12. The fraction of sp³-hybridized carbons (Fsp3) is 0. The molecule has 0 bridgehead atoms. The van der Waals surface area contributed by atoms with E-state index in [2.05, 4.69) is 6.58 Å². The van der Waals surface area contributed by atoms with E-state index in [0.29, 0.717) is 21.2 Å². The molecule has 4 heteroatoms. The van der Waals surface area contributed by atoms with E-state index in [9.17, 15) is 9.59 Å². The highest BCUT2D eigenvalue weighted by Gasteiger charge is 2.18. The minimum Gasteiger partial charge on any atom is -0.288 e. The van der Waals surface area contributed by atoms with Crippen LogP contribution in [0, 0.1) is 0 Å². The maximum Gasteiger partial charge on any atom is 0.196 e. The van der Waals surface area contributed by atoms with E-state index in [1.165, 1.54) is 0 Å². The van der Waals surface area contributed by atoms with Crippen LogP contribution in [0.4, 0.5) is 0 Å². The molecule has 0 saturated heterocycles. The van der Waals surface area contributed by atoms with Gasteiger partial charge in [0.05, 0.1) is 5.57 Å². The molecule has 2 aromatic carbocycles. The molecular formula is C16H10Cl2O2. The van der Waals surface area contributed by atoms with E-state index in [1.807, 2.05) is 0 Å². The number of carbonyl (C=O) groups is 2. The van der Waals surface area contributed by atoms with Gasteiger partial charge in [-0.05, 0) is 48.5 Å². The molecule has 0 aliphatic carbocycles. The van der Waals surface area contributed by atoms with Gasteiger partial charge in [0.15, 0.2) is 11.6 Å². The Morgan fingerprint density at radius 2 is 1.00 bits per heavy atom. The molecule has 0 spiro atoms. The van der Waals surface area contributed by atoms with Crippen LogP contribution in [-0.2, 0) is 0 Å². The number of halogens is 2. The smallest absolute Gasteiger partial charge is 0.196 e. The quantitative estimate of drug-likeness (QED) is 0.357. The summed E-state index contributed by atoms with van der Waals surface area (Å²) in [4.78, 5) is 24.3. The van der Waals surface area contributed by atoms with Crippen molar-refractivity contribution in [2.24, 2.45) is 0 Å². The molecular weight excluding hydrogens is 295 g/mol. The van der Waals surface area contributed by atoms with Gasteiger partial charge in [0, 0.05) is 21.2 Å². The van der Waals surface area contributed by atoms with Gasteiger partial charge in [-0.3, -0.25) is 9.59 Å². The van der Waals surface area contributed by atoms with E-state index in [4.69, 9.17) is 23.2 Å². The van der Waals surface area contributed by atoms with Gasteiger partial charge in [0.1, 0.15) is 0 Å². The molecule has 0 saturated carbocycles. The average molecular weight is 305 g/mol. The zero-order valence-electron chi connectivity index (χ0n) is 10.4. The highest BCUT2D eigenvalue weighted by atomic mass is 35.5. The molecule has 2 aromatic rings. The number of ketones is 2. The molecule has 0 aromatic heterocycles. The van der Waals surface area contributed by atoms with Crippen molar-refractivity contribution in [3.8, 4) is 0 Å². The summed E-state index contributed by atoms with van der Waals surface area (Å²) in [7, 11) is 0. The third-order valence-corrected chi connectivity index (χ3v) is 3.26. The third-order valence-electron chi connectivity index (χ3n) is 2.76.